The molecule has 0 saturated carbocycles. The van der Waals surface area contributed by atoms with Gasteiger partial charge in [-0.25, -0.2) is 0 Å². The van der Waals surface area contributed by atoms with E-state index in [0.29, 0.717) is 18.0 Å². The summed E-state index contributed by atoms with van der Waals surface area (Å²) in [5.74, 6) is 0.656. The lowest BCUT2D eigenvalue weighted by Gasteiger charge is -2.25. The predicted molar refractivity (Wildman–Crippen MR) is 87.2 cm³/mol. The molecular weight excluding hydrogens is 296 g/mol. The molecule has 124 valence electrons. The highest BCUT2D eigenvalue weighted by Gasteiger charge is 2.15. The first-order chi connectivity index (χ1) is 11.3. The number of nitrogens with zero attached hydrogens (tertiary/aromatic N) is 3. The maximum absolute atomic E-state index is 5.82. The first-order valence-corrected chi connectivity index (χ1v) is 7.62. The van der Waals surface area contributed by atoms with Crippen LogP contribution in [0.3, 0.4) is 0 Å². The molecule has 23 heavy (non-hydrogen) atoms. The number of benzene rings is 1. The van der Waals surface area contributed by atoms with Gasteiger partial charge in [-0.15, -0.1) is 0 Å². The molecule has 4 N–H and O–H groups in total. The highest BCUT2D eigenvalue weighted by molar-refractivity contribution is 5.61. The van der Waals surface area contributed by atoms with Crippen molar-refractivity contribution >= 4 is 11.4 Å². The highest BCUT2D eigenvalue weighted by atomic mass is 16.5. The Balaban J connectivity index is 1.61. The Hall–Kier alpha value is -2.32. The Morgan fingerprint density at radius 1 is 1.30 bits per heavy atom. The zero-order valence-corrected chi connectivity index (χ0v) is 13.2. The summed E-state index contributed by atoms with van der Waals surface area (Å²) < 4.78 is 10.6. The Labute approximate surface area is 134 Å². The largest absolute Gasteiger partial charge is 0.495 e. The number of nitrogens with two attached hydrogens (primary N) is 1. The first kappa shape index (κ1) is 15.6. The van der Waals surface area contributed by atoms with Crippen molar-refractivity contribution in [3.05, 3.63) is 29.6 Å². The average Bonchev–Trinajstić information content (AvgIpc) is 3.02. The van der Waals surface area contributed by atoms with Gasteiger partial charge in [-0.05, 0) is 12.1 Å². The second-order valence-corrected chi connectivity index (χ2v) is 5.42. The van der Waals surface area contributed by atoms with Crippen molar-refractivity contribution < 1.29 is 9.47 Å². The van der Waals surface area contributed by atoms with Crippen LogP contribution < -0.4 is 15.8 Å². The molecule has 3 rings (SSSR count). The molecule has 0 atom stereocenters. The van der Waals surface area contributed by atoms with Gasteiger partial charge in [-0.1, -0.05) is 0 Å². The molecule has 0 spiro atoms. The van der Waals surface area contributed by atoms with E-state index in [2.05, 4.69) is 25.6 Å². The third kappa shape index (κ3) is 3.91. The van der Waals surface area contributed by atoms with Crippen LogP contribution in [0.15, 0.2) is 18.2 Å². The van der Waals surface area contributed by atoms with E-state index in [1.54, 1.807) is 7.11 Å². The fourth-order valence-electron chi connectivity index (χ4n) is 2.52. The molecule has 2 aromatic rings. The van der Waals surface area contributed by atoms with Gasteiger partial charge in [0.05, 0.1) is 32.6 Å². The number of rotatable bonds is 6. The van der Waals surface area contributed by atoms with Crippen LogP contribution in [0.1, 0.15) is 11.4 Å². The molecule has 0 aliphatic carbocycles. The number of anilines is 2. The lowest BCUT2D eigenvalue weighted by atomic mass is 10.2. The maximum Gasteiger partial charge on any atom is 0.143 e. The highest BCUT2D eigenvalue weighted by Crippen LogP contribution is 2.25. The minimum absolute atomic E-state index is 0.587. The van der Waals surface area contributed by atoms with E-state index in [-0.39, 0.29) is 0 Å². The summed E-state index contributed by atoms with van der Waals surface area (Å²) in [7, 11) is 1.60. The van der Waals surface area contributed by atoms with Gasteiger partial charge in [0.15, 0.2) is 0 Å². The molecule has 0 unspecified atom stereocenters. The van der Waals surface area contributed by atoms with Crippen LogP contribution in [0.5, 0.6) is 5.75 Å². The molecule has 1 saturated heterocycles. The standard InChI is InChI=1S/C15H22N6O2/c1-22-15-8-11(2-3-12(15)16)17-9-13-14(19-20-18-13)10-21-4-6-23-7-5-21/h2-3,8,17H,4-7,9-10,16H2,1H3,(H,18,19,20). The van der Waals surface area contributed by atoms with E-state index in [1.807, 2.05) is 18.2 Å². The number of aromatic amines is 1. The van der Waals surface area contributed by atoms with Crippen molar-refractivity contribution in [2.75, 3.05) is 44.5 Å². The number of nitrogens with one attached hydrogen (secondary N) is 2. The van der Waals surface area contributed by atoms with Crippen LogP contribution in [-0.2, 0) is 17.8 Å². The van der Waals surface area contributed by atoms with Crippen LogP contribution in [0.25, 0.3) is 0 Å². The molecule has 1 aliphatic heterocycles. The van der Waals surface area contributed by atoms with E-state index in [9.17, 15) is 0 Å². The summed E-state index contributed by atoms with van der Waals surface area (Å²) in [6.07, 6.45) is 0. The summed E-state index contributed by atoms with van der Waals surface area (Å²) in [6.45, 7) is 4.77. The molecule has 0 amide bonds. The van der Waals surface area contributed by atoms with Crippen LogP contribution >= 0.6 is 0 Å². The van der Waals surface area contributed by atoms with Gasteiger partial charge in [0, 0.05) is 31.4 Å². The van der Waals surface area contributed by atoms with E-state index in [0.717, 1.165) is 49.9 Å². The third-order valence-corrected chi connectivity index (χ3v) is 3.87. The molecule has 2 heterocycles. The van der Waals surface area contributed by atoms with Crippen molar-refractivity contribution in [2.45, 2.75) is 13.1 Å². The molecular formula is C15H22N6O2. The zero-order valence-electron chi connectivity index (χ0n) is 13.2. The molecule has 0 radical (unpaired) electrons. The van der Waals surface area contributed by atoms with Gasteiger partial charge >= 0.3 is 0 Å². The summed E-state index contributed by atoms with van der Waals surface area (Å²) in [6, 6.07) is 5.61. The number of nitrogen functional groups attached to an aromatic ring is 1. The van der Waals surface area contributed by atoms with Crippen molar-refractivity contribution in [1.82, 2.24) is 20.3 Å². The topological polar surface area (TPSA) is 101 Å². The van der Waals surface area contributed by atoms with Crippen LogP contribution in [0.4, 0.5) is 11.4 Å². The number of H-pyrrole nitrogens is 1. The second kappa shape index (κ2) is 7.30. The quantitative estimate of drug-likeness (QED) is 0.678. The Kier molecular flexibility index (Phi) is 4.94. The van der Waals surface area contributed by atoms with Gasteiger partial charge in [0.25, 0.3) is 0 Å². The van der Waals surface area contributed by atoms with Gasteiger partial charge in [-0.3, -0.25) is 4.90 Å². The smallest absolute Gasteiger partial charge is 0.143 e. The minimum Gasteiger partial charge on any atom is -0.495 e. The molecule has 8 heteroatoms. The lowest BCUT2D eigenvalue weighted by Crippen LogP contribution is -2.36. The normalized spacial score (nSPS) is 15.5. The van der Waals surface area contributed by atoms with Crippen molar-refractivity contribution in [1.29, 1.82) is 0 Å². The minimum atomic E-state index is 0.587. The van der Waals surface area contributed by atoms with Crippen molar-refractivity contribution in [3.63, 3.8) is 0 Å². The second-order valence-electron chi connectivity index (χ2n) is 5.42. The van der Waals surface area contributed by atoms with E-state index in [1.165, 1.54) is 0 Å². The average molecular weight is 318 g/mol. The SMILES string of the molecule is COc1cc(NCc2n[nH]nc2CN2CCOCC2)ccc1N. The molecule has 1 aromatic heterocycles. The van der Waals surface area contributed by atoms with Gasteiger partial charge in [0.1, 0.15) is 17.1 Å². The Morgan fingerprint density at radius 2 is 2.09 bits per heavy atom. The first-order valence-electron chi connectivity index (χ1n) is 7.62. The molecule has 1 aliphatic rings. The monoisotopic (exact) mass is 318 g/mol. The molecule has 0 bridgehead atoms. The molecule has 8 nitrogen and oxygen atoms in total. The van der Waals surface area contributed by atoms with E-state index in [4.69, 9.17) is 15.2 Å². The summed E-state index contributed by atoms with van der Waals surface area (Å²) in [5.41, 5.74) is 9.24. The molecule has 1 fully saturated rings. The number of morpholine rings is 1. The number of hydrogen-bond donors (Lipinski definition) is 3. The van der Waals surface area contributed by atoms with Gasteiger partial charge in [0.2, 0.25) is 0 Å². The van der Waals surface area contributed by atoms with E-state index < -0.39 is 0 Å². The Morgan fingerprint density at radius 3 is 2.87 bits per heavy atom. The van der Waals surface area contributed by atoms with Crippen LogP contribution in [-0.4, -0.2) is 53.7 Å². The van der Waals surface area contributed by atoms with Gasteiger partial charge in [-0.2, -0.15) is 15.4 Å². The zero-order chi connectivity index (χ0) is 16.1. The summed E-state index contributed by atoms with van der Waals surface area (Å²) >= 11 is 0. The van der Waals surface area contributed by atoms with Gasteiger partial charge < -0.3 is 20.5 Å². The molecule has 1 aromatic carbocycles. The Bertz CT molecular complexity index is 639. The van der Waals surface area contributed by atoms with Crippen LogP contribution in [0, 0.1) is 0 Å². The maximum atomic E-state index is 5.82. The van der Waals surface area contributed by atoms with Crippen molar-refractivity contribution in [3.8, 4) is 5.75 Å². The summed E-state index contributed by atoms with van der Waals surface area (Å²) in [5, 5.41) is 14.6. The van der Waals surface area contributed by atoms with Crippen molar-refractivity contribution in [2.24, 2.45) is 0 Å². The lowest BCUT2D eigenvalue weighted by molar-refractivity contribution is 0.0335. The predicted octanol–water partition coefficient (Wildman–Crippen LogP) is 0.840. The fourth-order valence-corrected chi connectivity index (χ4v) is 2.52. The number of hydrogen-bond acceptors (Lipinski definition) is 7. The fraction of sp³-hybridized carbons (Fsp3) is 0.467. The number of ether oxygens (including phenoxy) is 2. The number of aromatic nitrogens is 3. The third-order valence-electron chi connectivity index (χ3n) is 3.87. The van der Waals surface area contributed by atoms with Crippen LogP contribution in [0.2, 0.25) is 0 Å². The summed E-state index contributed by atoms with van der Waals surface area (Å²) in [4.78, 5) is 2.32. The van der Waals surface area contributed by atoms with E-state index >= 15 is 0 Å². The number of methoxy groups -OCH3 is 1.